The summed E-state index contributed by atoms with van der Waals surface area (Å²) in [6.07, 6.45) is -20.8. The van der Waals surface area contributed by atoms with Crippen LogP contribution in [0.5, 0.6) is 0 Å². The van der Waals surface area contributed by atoms with Crippen LogP contribution >= 0.6 is 0 Å². The summed E-state index contributed by atoms with van der Waals surface area (Å²) in [4.78, 5) is 0. The molecule has 0 bridgehead atoms. The fourth-order valence-corrected chi connectivity index (χ4v) is 15.7. The van der Waals surface area contributed by atoms with Crippen LogP contribution in [0.3, 0.4) is 0 Å². The molecule has 4 saturated carbocycles. The van der Waals surface area contributed by atoms with Crippen LogP contribution in [-0.2, 0) is 47.4 Å². The number of aliphatic hydroxyl groups excluding tert-OH is 11. The van der Waals surface area contributed by atoms with Gasteiger partial charge in [0.15, 0.2) is 30.9 Å². The fraction of sp³-hybridized carbons (Fsp3) is 1.00. The van der Waals surface area contributed by atoms with Gasteiger partial charge in [-0.05, 0) is 111 Å². The molecule has 408 valence electrons. The van der Waals surface area contributed by atoms with Crippen molar-refractivity contribution in [3.05, 3.63) is 0 Å². The Kier molecular flexibility index (Phi) is 15.5. The molecule has 10 rings (SSSR count). The minimum absolute atomic E-state index is 0.0294. The van der Waals surface area contributed by atoms with Crippen molar-refractivity contribution in [1.82, 2.24) is 0 Å². The number of hydrogen-bond donors (Lipinski definition) is 11. The van der Waals surface area contributed by atoms with Gasteiger partial charge in [0.2, 0.25) is 0 Å². The first kappa shape index (κ1) is 53.6. The molecule has 4 aliphatic carbocycles. The Labute approximate surface area is 414 Å². The van der Waals surface area contributed by atoms with E-state index in [1.807, 2.05) is 0 Å². The standard InChI is InChI=1S/C50H82O21/c1-20-8-13-50(64-17-20)21(2)32-29(71-50)15-27-25-7-6-23-14-24(9-11-48(23,4)26(25)10-12-49(27,32)5)66-47-43(70-46-40(60)37(57)35(55)30(16-51)67-46)41(61)42(69-45-39(59)36(56)33(53)22(3)65-45)31(68-47)19-63-44-38(58)34(54)28(52)18-62-44/h20-47,51-61H,6-19H2,1-5H3. The predicted molar refractivity (Wildman–Crippen MR) is 241 cm³/mol. The summed E-state index contributed by atoms with van der Waals surface area (Å²) in [5.41, 5.74) is 0.200. The van der Waals surface area contributed by atoms with Crippen molar-refractivity contribution in [3.63, 3.8) is 0 Å². The van der Waals surface area contributed by atoms with Gasteiger partial charge in [0.05, 0.1) is 44.7 Å². The summed E-state index contributed by atoms with van der Waals surface area (Å²) in [6, 6.07) is 0. The first-order chi connectivity index (χ1) is 33.7. The van der Waals surface area contributed by atoms with E-state index in [9.17, 15) is 56.2 Å². The van der Waals surface area contributed by atoms with Gasteiger partial charge in [-0.3, -0.25) is 0 Å². The van der Waals surface area contributed by atoms with Gasteiger partial charge in [0.1, 0.15) is 85.5 Å². The van der Waals surface area contributed by atoms with Crippen molar-refractivity contribution in [3.8, 4) is 0 Å². The van der Waals surface area contributed by atoms with Crippen molar-refractivity contribution in [2.45, 2.75) is 234 Å². The van der Waals surface area contributed by atoms with E-state index in [1.165, 1.54) is 6.92 Å². The highest BCUT2D eigenvalue weighted by Crippen LogP contribution is 2.71. The SMILES string of the molecule is CC1CCC2(OC1)OC1CC3C4CCC5CC(OC6OC(COC7OCC(O)C(O)C7O)C(OC7OC(C)C(O)C(O)C7O)C(O)C6OC6OC(CO)C(O)C(O)C6O)CCC5(C)C4CCC3(C)C1C2C. The molecule has 31 unspecified atom stereocenters. The van der Waals surface area contributed by atoms with Crippen LogP contribution in [-0.4, -0.2) is 217 Å². The molecular formula is C50H82O21. The summed E-state index contributed by atoms with van der Waals surface area (Å²) in [7, 11) is 0. The van der Waals surface area contributed by atoms with Gasteiger partial charge < -0.3 is 104 Å². The number of rotatable bonds is 10. The lowest BCUT2D eigenvalue weighted by Gasteiger charge is -2.61. The van der Waals surface area contributed by atoms with Crippen LogP contribution in [0.4, 0.5) is 0 Å². The van der Waals surface area contributed by atoms with Gasteiger partial charge in [-0.1, -0.05) is 27.7 Å². The minimum Gasteiger partial charge on any atom is -0.394 e. The zero-order valence-electron chi connectivity index (χ0n) is 41.6. The van der Waals surface area contributed by atoms with E-state index < -0.39 is 142 Å². The van der Waals surface area contributed by atoms with Crippen LogP contribution in [0.25, 0.3) is 0 Å². The summed E-state index contributed by atoms with van der Waals surface area (Å²) in [5, 5.41) is 118. The van der Waals surface area contributed by atoms with Crippen LogP contribution in [0.1, 0.15) is 98.8 Å². The molecule has 6 saturated heterocycles. The first-order valence-electron chi connectivity index (χ1n) is 26.6. The zero-order valence-corrected chi connectivity index (χ0v) is 41.6. The molecule has 21 nitrogen and oxygen atoms in total. The smallest absolute Gasteiger partial charge is 0.187 e. The van der Waals surface area contributed by atoms with Gasteiger partial charge in [-0.2, -0.15) is 0 Å². The van der Waals surface area contributed by atoms with E-state index in [0.717, 1.165) is 58.0 Å². The van der Waals surface area contributed by atoms with Gasteiger partial charge in [0, 0.05) is 12.3 Å². The average molecular weight is 1020 g/mol. The maximum Gasteiger partial charge on any atom is 0.187 e. The van der Waals surface area contributed by atoms with Gasteiger partial charge >= 0.3 is 0 Å². The molecule has 6 aliphatic heterocycles. The molecule has 6 heterocycles. The van der Waals surface area contributed by atoms with Crippen molar-refractivity contribution in [1.29, 1.82) is 0 Å². The predicted octanol–water partition coefficient (Wildman–Crippen LogP) is -1.24. The summed E-state index contributed by atoms with van der Waals surface area (Å²) < 4.78 is 62.4. The van der Waals surface area contributed by atoms with Crippen LogP contribution in [0, 0.1) is 52.3 Å². The monoisotopic (exact) mass is 1020 g/mol. The second-order valence-electron chi connectivity index (χ2n) is 23.9. The Balaban J connectivity index is 0.882. The third-order valence-electron chi connectivity index (χ3n) is 19.9. The molecule has 10 fully saturated rings. The number of ether oxygens (including phenoxy) is 10. The van der Waals surface area contributed by atoms with Gasteiger partial charge in [0.25, 0.3) is 0 Å². The highest BCUT2D eigenvalue weighted by atomic mass is 16.8. The van der Waals surface area contributed by atoms with Gasteiger partial charge in [-0.15, -0.1) is 0 Å². The fourth-order valence-electron chi connectivity index (χ4n) is 15.7. The molecule has 21 heteroatoms. The van der Waals surface area contributed by atoms with Gasteiger partial charge in [-0.25, -0.2) is 0 Å². The third-order valence-corrected chi connectivity index (χ3v) is 19.9. The largest absolute Gasteiger partial charge is 0.394 e. The second kappa shape index (κ2) is 20.5. The third kappa shape index (κ3) is 9.30. The number of aliphatic hydroxyl groups is 11. The Morgan fingerprint density at radius 3 is 1.96 bits per heavy atom. The lowest BCUT2D eigenvalue weighted by Crippen LogP contribution is -2.67. The minimum atomic E-state index is -1.88. The van der Waals surface area contributed by atoms with Crippen molar-refractivity contribution in [2.75, 3.05) is 26.4 Å². The first-order valence-corrected chi connectivity index (χ1v) is 26.6. The molecule has 71 heavy (non-hydrogen) atoms. The molecule has 10 aliphatic rings. The van der Waals surface area contributed by atoms with E-state index in [1.54, 1.807) is 0 Å². The van der Waals surface area contributed by atoms with E-state index >= 15 is 0 Å². The van der Waals surface area contributed by atoms with Crippen molar-refractivity contribution in [2.24, 2.45) is 52.3 Å². The summed E-state index contributed by atoms with van der Waals surface area (Å²) >= 11 is 0. The molecule has 11 N–H and O–H groups in total. The Hall–Kier alpha value is -0.840. The average Bonchev–Trinajstić information content (AvgIpc) is 3.80. The van der Waals surface area contributed by atoms with Crippen LogP contribution in [0.2, 0.25) is 0 Å². The molecule has 31 atom stereocenters. The Bertz CT molecular complexity index is 1810. The Morgan fingerprint density at radius 1 is 0.563 bits per heavy atom. The highest BCUT2D eigenvalue weighted by Gasteiger charge is 2.69. The molecule has 0 radical (unpaired) electrons. The molecular weight excluding hydrogens is 937 g/mol. The van der Waals surface area contributed by atoms with Crippen molar-refractivity contribution < 1.29 is 104 Å². The topological polar surface area (TPSA) is 315 Å². The quantitative estimate of drug-likeness (QED) is 0.114. The van der Waals surface area contributed by atoms with E-state index in [2.05, 4.69) is 27.7 Å². The number of fused-ring (bicyclic) bond motifs is 7. The zero-order chi connectivity index (χ0) is 50.6. The normalized spacial score (nSPS) is 58.5. The van der Waals surface area contributed by atoms with Crippen LogP contribution in [0.15, 0.2) is 0 Å². The van der Waals surface area contributed by atoms with Crippen LogP contribution < -0.4 is 0 Å². The summed E-state index contributed by atoms with van der Waals surface area (Å²) in [5.74, 6) is 2.80. The molecule has 0 aromatic carbocycles. The van der Waals surface area contributed by atoms with E-state index in [4.69, 9.17) is 47.4 Å². The number of hydrogen-bond acceptors (Lipinski definition) is 21. The van der Waals surface area contributed by atoms with E-state index in [-0.39, 0.29) is 29.5 Å². The molecule has 0 aromatic heterocycles. The van der Waals surface area contributed by atoms with E-state index in [0.29, 0.717) is 48.3 Å². The lowest BCUT2D eigenvalue weighted by atomic mass is 9.44. The highest BCUT2D eigenvalue weighted by molar-refractivity contribution is 5.15. The molecule has 0 aromatic rings. The maximum atomic E-state index is 12.5. The molecule has 0 amide bonds. The molecule has 1 spiro atoms. The lowest BCUT2D eigenvalue weighted by molar-refractivity contribution is -0.394. The maximum absolute atomic E-state index is 12.5. The summed E-state index contributed by atoms with van der Waals surface area (Å²) in [6.45, 7) is 10.2. The Morgan fingerprint density at radius 2 is 1.24 bits per heavy atom. The van der Waals surface area contributed by atoms with Crippen molar-refractivity contribution >= 4 is 0 Å². The second-order valence-corrected chi connectivity index (χ2v) is 23.9.